The SMILES string of the molecule is O=C([O-])/C=C/c1ccc(Cn2cc[n+]([O-])c2)cc1.[Na+]. The number of nitrogens with zero attached hydrogens (tertiary/aromatic N) is 2. The van der Waals surface area contributed by atoms with E-state index < -0.39 is 5.97 Å². The van der Waals surface area contributed by atoms with Gasteiger partial charge in [-0.25, -0.2) is 9.30 Å². The first-order valence-corrected chi connectivity index (χ1v) is 5.36. The molecule has 0 N–H and O–H groups in total. The summed E-state index contributed by atoms with van der Waals surface area (Å²) < 4.78 is 2.50. The molecule has 0 fully saturated rings. The smallest absolute Gasteiger partial charge is 0.711 e. The maximum absolute atomic E-state index is 10.9. The number of carbonyl (C=O) groups is 1. The molecule has 0 saturated heterocycles. The van der Waals surface area contributed by atoms with Crippen molar-refractivity contribution in [1.29, 1.82) is 0 Å². The van der Waals surface area contributed by atoms with Crippen LogP contribution < -0.4 is 39.4 Å². The maximum Gasteiger partial charge on any atom is 1.00 e. The number of aromatic nitrogens is 2. The Morgan fingerprint density at radius 1 is 1.32 bits per heavy atom. The molecule has 0 amide bonds. The average molecular weight is 266 g/mol. The fourth-order valence-electron chi connectivity index (χ4n) is 1.58. The van der Waals surface area contributed by atoms with E-state index in [0.717, 1.165) is 21.9 Å². The van der Waals surface area contributed by atoms with Crippen LogP contribution in [-0.2, 0) is 11.3 Å². The van der Waals surface area contributed by atoms with Crippen LogP contribution in [0.1, 0.15) is 11.1 Å². The Hall–Kier alpha value is -1.56. The van der Waals surface area contributed by atoms with Gasteiger partial charge in [-0.15, -0.1) is 0 Å². The fraction of sp³-hybridized carbons (Fsp3) is 0.0769. The molecule has 5 nitrogen and oxygen atoms in total. The minimum Gasteiger partial charge on any atom is -0.711 e. The summed E-state index contributed by atoms with van der Waals surface area (Å²) in [6.45, 7) is 0.597. The third-order valence-corrected chi connectivity index (χ3v) is 2.42. The Labute approximate surface area is 132 Å². The number of imidazole rings is 1. The van der Waals surface area contributed by atoms with Gasteiger partial charge in [0.2, 0.25) is 6.33 Å². The van der Waals surface area contributed by atoms with Crippen molar-refractivity contribution in [3.8, 4) is 0 Å². The van der Waals surface area contributed by atoms with Gasteiger partial charge in [0.25, 0.3) is 0 Å². The normalized spacial score (nSPS) is 10.3. The molecule has 2 aromatic rings. The molecule has 2 rings (SSSR count). The number of carboxylic acids is 1. The van der Waals surface area contributed by atoms with Gasteiger partial charge in [0, 0.05) is 0 Å². The van der Waals surface area contributed by atoms with Crippen molar-refractivity contribution < 1.29 is 44.2 Å². The number of hydrogen-bond acceptors (Lipinski definition) is 3. The summed E-state index contributed by atoms with van der Waals surface area (Å²) >= 11 is 0. The number of hydrogen-bond donors (Lipinski definition) is 0. The van der Waals surface area contributed by atoms with Crippen LogP contribution in [0.4, 0.5) is 0 Å². The summed E-state index contributed by atoms with van der Waals surface area (Å²) in [7, 11) is 0. The Morgan fingerprint density at radius 2 is 2.00 bits per heavy atom. The van der Waals surface area contributed by atoms with Gasteiger partial charge < -0.3 is 15.1 Å². The maximum atomic E-state index is 10.9. The van der Waals surface area contributed by atoms with Crippen molar-refractivity contribution in [2.75, 3.05) is 0 Å². The monoisotopic (exact) mass is 266 g/mol. The molecule has 0 saturated carbocycles. The summed E-state index contributed by atoms with van der Waals surface area (Å²) in [5.41, 5.74) is 1.81. The molecule has 0 unspecified atom stereocenters. The second kappa shape index (κ2) is 7.13. The predicted octanol–water partition coefficient (Wildman–Crippen LogP) is -3.06. The van der Waals surface area contributed by atoms with Gasteiger partial charge in [0.1, 0.15) is 18.9 Å². The summed E-state index contributed by atoms with van der Waals surface area (Å²) in [4.78, 5) is 10.2. The van der Waals surface area contributed by atoms with Crippen LogP contribution in [0.3, 0.4) is 0 Å². The van der Waals surface area contributed by atoms with Crippen molar-refractivity contribution in [1.82, 2.24) is 4.57 Å². The van der Waals surface area contributed by atoms with Crippen LogP contribution in [0.2, 0.25) is 0 Å². The first-order chi connectivity index (χ1) is 8.63. The standard InChI is InChI=1S/C13H12N2O3.Na/c16-13(17)6-5-11-1-3-12(4-2-11)9-14-7-8-15(18)10-14;/h1-8,10H,9H2,(H,16,17);/q;+1/p-1/b6-5+;. The van der Waals surface area contributed by atoms with E-state index in [9.17, 15) is 15.1 Å². The minimum absolute atomic E-state index is 0. The Balaban J connectivity index is 0.00000180. The molecule has 0 bridgehead atoms. The van der Waals surface area contributed by atoms with E-state index in [4.69, 9.17) is 0 Å². The molecule has 92 valence electrons. The minimum atomic E-state index is -1.22. The second-order valence-corrected chi connectivity index (χ2v) is 3.84. The van der Waals surface area contributed by atoms with E-state index >= 15 is 0 Å². The van der Waals surface area contributed by atoms with Crippen molar-refractivity contribution in [2.24, 2.45) is 0 Å². The second-order valence-electron chi connectivity index (χ2n) is 3.84. The number of rotatable bonds is 4. The molecule has 0 aliphatic carbocycles. The number of benzene rings is 1. The molecule has 1 aromatic heterocycles. The average Bonchev–Trinajstić information content (AvgIpc) is 2.74. The first-order valence-electron chi connectivity index (χ1n) is 5.36. The Bertz CT molecular complexity index is 576. The van der Waals surface area contributed by atoms with Gasteiger partial charge in [0.05, 0.1) is 5.97 Å². The van der Waals surface area contributed by atoms with Crippen molar-refractivity contribution in [3.63, 3.8) is 0 Å². The molecule has 0 aliphatic heterocycles. The van der Waals surface area contributed by atoms with Crippen LogP contribution in [0.15, 0.2) is 49.1 Å². The molecular weight excluding hydrogens is 255 g/mol. The molecule has 1 aromatic carbocycles. The zero-order valence-electron chi connectivity index (χ0n) is 10.5. The van der Waals surface area contributed by atoms with Gasteiger partial charge in [-0.2, -0.15) is 0 Å². The van der Waals surface area contributed by atoms with Gasteiger partial charge in [-0.3, -0.25) is 0 Å². The molecule has 0 spiro atoms. The Morgan fingerprint density at radius 3 is 2.53 bits per heavy atom. The van der Waals surface area contributed by atoms with E-state index in [1.807, 2.05) is 24.3 Å². The zero-order chi connectivity index (χ0) is 13.0. The van der Waals surface area contributed by atoms with Gasteiger partial charge in [0.15, 0.2) is 0 Å². The van der Waals surface area contributed by atoms with Crippen LogP contribution in [0, 0.1) is 5.21 Å². The van der Waals surface area contributed by atoms with E-state index in [1.165, 1.54) is 18.6 Å². The molecule has 0 radical (unpaired) electrons. The number of carboxylic acid groups (broad SMARTS) is 1. The molecule has 6 heteroatoms. The van der Waals surface area contributed by atoms with E-state index in [-0.39, 0.29) is 29.6 Å². The van der Waals surface area contributed by atoms with Crippen molar-refractivity contribution >= 4 is 12.0 Å². The van der Waals surface area contributed by atoms with Crippen molar-refractivity contribution in [2.45, 2.75) is 6.54 Å². The first kappa shape index (κ1) is 15.5. The zero-order valence-corrected chi connectivity index (χ0v) is 12.5. The molecule has 0 atom stereocenters. The van der Waals surface area contributed by atoms with Crippen molar-refractivity contribution in [3.05, 3.63) is 65.4 Å². The van der Waals surface area contributed by atoms with Crippen LogP contribution in [0.25, 0.3) is 6.08 Å². The topological polar surface area (TPSA) is 72.0 Å². The molecule has 19 heavy (non-hydrogen) atoms. The summed E-state index contributed by atoms with van der Waals surface area (Å²) in [5, 5.41) is 21.2. The summed E-state index contributed by atoms with van der Waals surface area (Å²) in [6, 6.07) is 7.38. The molecular formula is C13H11N2NaO3. The molecule has 1 heterocycles. The predicted molar refractivity (Wildman–Crippen MR) is 63.0 cm³/mol. The summed E-state index contributed by atoms with van der Waals surface area (Å²) in [5.74, 6) is -1.22. The van der Waals surface area contributed by atoms with E-state index in [0.29, 0.717) is 6.54 Å². The third kappa shape index (κ3) is 4.90. The number of aliphatic carboxylic acids is 1. The van der Waals surface area contributed by atoms with Gasteiger partial charge in [-0.1, -0.05) is 30.3 Å². The van der Waals surface area contributed by atoms with Crippen LogP contribution in [-0.4, -0.2) is 10.5 Å². The third-order valence-electron chi connectivity index (χ3n) is 2.42. The van der Waals surface area contributed by atoms with Gasteiger partial charge >= 0.3 is 29.6 Å². The van der Waals surface area contributed by atoms with Gasteiger partial charge in [-0.05, 0) is 17.2 Å². The summed E-state index contributed by atoms with van der Waals surface area (Å²) in [6.07, 6.45) is 7.03. The Kier molecular flexibility index (Phi) is 5.82. The molecule has 0 aliphatic rings. The largest absolute Gasteiger partial charge is 1.00 e. The van der Waals surface area contributed by atoms with E-state index in [2.05, 4.69) is 0 Å². The van der Waals surface area contributed by atoms with Crippen LogP contribution >= 0.6 is 0 Å². The van der Waals surface area contributed by atoms with Crippen LogP contribution in [0.5, 0.6) is 0 Å². The fourth-order valence-corrected chi connectivity index (χ4v) is 1.58. The quantitative estimate of drug-likeness (QED) is 0.255. The van der Waals surface area contributed by atoms with E-state index in [1.54, 1.807) is 10.8 Å². The number of carbonyl (C=O) groups excluding carboxylic acids is 1.